The van der Waals surface area contributed by atoms with E-state index in [1.54, 1.807) is 0 Å². The number of nitrogens with zero attached hydrogens (tertiary/aromatic N) is 1. The quantitative estimate of drug-likeness (QED) is 0.173. The summed E-state index contributed by atoms with van der Waals surface area (Å²) in [5.41, 5.74) is 20.9. The van der Waals surface area contributed by atoms with Crippen molar-refractivity contribution in [3.63, 3.8) is 0 Å². The molecule has 1 aromatic heterocycles. The molecule has 1 heterocycles. The zero-order valence-electron chi connectivity index (χ0n) is 35.8. The second kappa shape index (κ2) is 12.5. The lowest BCUT2D eigenvalue weighted by molar-refractivity contribution is 0.403. The molecule has 2 nitrogen and oxygen atoms in total. The number of furan rings is 1. The minimum atomic E-state index is -0.513. The van der Waals surface area contributed by atoms with Crippen molar-refractivity contribution in [3.8, 4) is 22.3 Å². The van der Waals surface area contributed by atoms with Crippen LogP contribution in [0, 0.1) is 0 Å². The fourth-order valence-electron chi connectivity index (χ4n) is 12.2. The Kier molecular flexibility index (Phi) is 7.40. The standard InChI is InChI=1S/C59H49NO/c1-56(2)36-57(3,4)53-35-50-47(34-52(53)56)46-31-39(27-30-48(46)58(50,5)6)60(41-26-29-45-44-22-14-16-24-54(44)61-55(45)33-41)40-25-28-43-42-21-13-15-23-49(42)59(51(43)32-40,37-17-9-7-10-18-37)38-19-11-8-12-20-38/h7-35H,36H2,1-6H3. The van der Waals surface area contributed by atoms with Crippen LogP contribution in [0.25, 0.3) is 44.2 Å². The molecule has 9 aromatic rings. The number of rotatable bonds is 5. The molecule has 0 unspecified atom stereocenters. The zero-order chi connectivity index (χ0) is 41.5. The molecule has 0 N–H and O–H groups in total. The minimum Gasteiger partial charge on any atom is -0.456 e. The van der Waals surface area contributed by atoms with E-state index in [0.29, 0.717) is 0 Å². The summed E-state index contributed by atoms with van der Waals surface area (Å²) >= 11 is 0. The molecule has 0 atom stereocenters. The first-order valence-electron chi connectivity index (χ1n) is 21.9. The van der Waals surface area contributed by atoms with Crippen LogP contribution in [0.1, 0.15) is 92.5 Å². The Balaban J connectivity index is 1.12. The van der Waals surface area contributed by atoms with E-state index in [4.69, 9.17) is 4.42 Å². The van der Waals surface area contributed by atoms with Crippen LogP contribution in [0.3, 0.4) is 0 Å². The van der Waals surface area contributed by atoms with Crippen LogP contribution in [0.4, 0.5) is 17.1 Å². The summed E-state index contributed by atoms with van der Waals surface area (Å²) in [5.74, 6) is 0. The smallest absolute Gasteiger partial charge is 0.137 e. The van der Waals surface area contributed by atoms with Crippen LogP contribution in [-0.2, 0) is 21.7 Å². The Labute approximate surface area is 359 Å². The highest BCUT2D eigenvalue weighted by Gasteiger charge is 2.47. The lowest BCUT2D eigenvalue weighted by Gasteiger charge is -2.35. The molecular weight excluding hydrogens is 739 g/mol. The molecule has 0 fully saturated rings. The van der Waals surface area contributed by atoms with E-state index >= 15 is 0 Å². The molecule has 0 spiro atoms. The van der Waals surface area contributed by atoms with Crippen molar-refractivity contribution in [1.29, 1.82) is 0 Å². The van der Waals surface area contributed by atoms with Gasteiger partial charge in [0, 0.05) is 39.3 Å². The van der Waals surface area contributed by atoms with Gasteiger partial charge in [0.15, 0.2) is 0 Å². The van der Waals surface area contributed by atoms with Crippen molar-refractivity contribution in [2.45, 2.75) is 69.6 Å². The summed E-state index contributed by atoms with van der Waals surface area (Å²) in [6.07, 6.45) is 1.15. The van der Waals surface area contributed by atoms with Gasteiger partial charge >= 0.3 is 0 Å². The molecule has 0 aliphatic heterocycles. The van der Waals surface area contributed by atoms with Crippen LogP contribution in [-0.4, -0.2) is 0 Å². The summed E-state index contributed by atoms with van der Waals surface area (Å²) in [6.45, 7) is 14.5. The molecule has 0 saturated heterocycles. The van der Waals surface area contributed by atoms with Crippen molar-refractivity contribution < 1.29 is 4.42 Å². The van der Waals surface area contributed by atoms with Gasteiger partial charge in [-0.3, -0.25) is 0 Å². The molecule has 3 aliphatic carbocycles. The van der Waals surface area contributed by atoms with Crippen molar-refractivity contribution in [3.05, 3.63) is 220 Å². The molecule has 0 amide bonds. The molecular formula is C59H49NO. The van der Waals surface area contributed by atoms with Gasteiger partial charge in [-0.2, -0.15) is 0 Å². The molecule has 0 saturated carbocycles. The largest absolute Gasteiger partial charge is 0.456 e. The second-order valence-corrected chi connectivity index (χ2v) is 19.6. The van der Waals surface area contributed by atoms with Gasteiger partial charge in [0.05, 0.1) is 5.41 Å². The number of fused-ring (bicyclic) bond motifs is 10. The van der Waals surface area contributed by atoms with Gasteiger partial charge in [0.25, 0.3) is 0 Å². The van der Waals surface area contributed by atoms with Gasteiger partial charge in [-0.05, 0) is 133 Å². The average molecular weight is 788 g/mol. The molecule has 8 aromatic carbocycles. The Morgan fingerprint density at radius 3 is 1.69 bits per heavy atom. The third kappa shape index (κ3) is 4.97. The SMILES string of the molecule is CC1(C)CC(C)(C)c2cc3c(cc21)-c1cc(N(c2ccc4c(c2)C(c2ccccc2)(c2ccccc2)c2ccccc2-4)c2ccc4c(c2)oc2ccccc24)ccc1C3(C)C. The van der Waals surface area contributed by atoms with Gasteiger partial charge in [-0.1, -0.05) is 163 Å². The van der Waals surface area contributed by atoms with Crippen LogP contribution < -0.4 is 4.90 Å². The maximum absolute atomic E-state index is 6.58. The molecule has 0 radical (unpaired) electrons. The molecule has 3 aliphatic rings. The summed E-state index contributed by atoms with van der Waals surface area (Å²) in [4.78, 5) is 2.46. The normalized spacial score (nSPS) is 16.8. The van der Waals surface area contributed by atoms with E-state index in [9.17, 15) is 0 Å². The maximum Gasteiger partial charge on any atom is 0.137 e. The van der Waals surface area contributed by atoms with Crippen molar-refractivity contribution in [2.75, 3.05) is 4.90 Å². The van der Waals surface area contributed by atoms with E-state index in [0.717, 1.165) is 45.4 Å². The van der Waals surface area contributed by atoms with Crippen molar-refractivity contribution >= 4 is 39.0 Å². The minimum absolute atomic E-state index is 0.110. The van der Waals surface area contributed by atoms with Crippen LogP contribution in [0.5, 0.6) is 0 Å². The monoisotopic (exact) mass is 787 g/mol. The number of hydrogen-bond donors (Lipinski definition) is 0. The third-order valence-corrected chi connectivity index (χ3v) is 14.7. The highest BCUT2D eigenvalue weighted by molar-refractivity contribution is 6.06. The van der Waals surface area contributed by atoms with Crippen molar-refractivity contribution in [2.24, 2.45) is 0 Å². The van der Waals surface area contributed by atoms with E-state index in [2.05, 4.69) is 216 Å². The summed E-state index contributed by atoms with van der Waals surface area (Å²) in [5, 5.41) is 2.26. The first-order valence-corrected chi connectivity index (χ1v) is 21.9. The molecule has 12 rings (SSSR count). The zero-order valence-corrected chi connectivity index (χ0v) is 35.8. The topological polar surface area (TPSA) is 16.4 Å². The molecule has 0 bridgehead atoms. The fraction of sp³-hybridized carbons (Fsp3) is 0.186. The fourth-order valence-corrected chi connectivity index (χ4v) is 12.2. The number of para-hydroxylation sites is 1. The van der Waals surface area contributed by atoms with Gasteiger partial charge in [-0.25, -0.2) is 0 Å². The Morgan fingerprint density at radius 1 is 0.377 bits per heavy atom. The highest BCUT2D eigenvalue weighted by atomic mass is 16.3. The van der Waals surface area contributed by atoms with Crippen molar-refractivity contribution in [1.82, 2.24) is 0 Å². The van der Waals surface area contributed by atoms with Gasteiger partial charge in [0.2, 0.25) is 0 Å². The Hall–Kier alpha value is -6.64. The summed E-state index contributed by atoms with van der Waals surface area (Å²) in [7, 11) is 0. The highest BCUT2D eigenvalue weighted by Crippen LogP contribution is 2.59. The second-order valence-electron chi connectivity index (χ2n) is 19.6. The predicted octanol–water partition coefficient (Wildman–Crippen LogP) is 15.7. The van der Waals surface area contributed by atoms with Gasteiger partial charge in [-0.15, -0.1) is 0 Å². The van der Waals surface area contributed by atoms with Crippen LogP contribution in [0.15, 0.2) is 180 Å². The number of benzene rings is 8. The average Bonchev–Trinajstić information content (AvgIpc) is 3.91. The van der Waals surface area contributed by atoms with Crippen LogP contribution in [0.2, 0.25) is 0 Å². The summed E-state index contributed by atoms with van der Waals surface area (Å²) < 4.78 is 6.58. The maximum atomic E-state index is 6.58. The lowest BCUT2D eigenvalue weighted by Crippen LogP contribution is -2.28. The van der Waals surface area contributed by atoms with Crippen LogP contribution >= 0.6 is 0 Å². The molecule has 2 heteroatoms. The number of hydrogen-bond acceptors (Lipinski definition) is 2. The predicted molar refractivity (Wildman–Crippen MR) is 254 cm³/mol. The Morgan fingerprint density at radius 2 is 0.934 bits per heavy atom. The Bertz CT molecular complexity index is 3210. The van der Waals surface area contributed by atoms with E-state index in [1.165, 1.54) is 66.8 Å². The molecule has 296 valence electrons. The molecule has 61 heavy (non-hydrogen) atoms. The van der Waals surface area contributed by atoms with E-state index < -0.39 is 5.41 Å². The van der Waals surface area contributed by atoms with Gasteiger partial charge in [0.1, 0.15) is 11.2 Å². The van der Waals surface area contributed by atoms with Gasteiger partial charge < -0.3 is 9.32 Å². The lowest BCUT2D eigenvalue weighted by atomic mass is 9.67. The van der Waals surface area contributed by atoms with E-state index in [-0.39, 0.29) is 16.2 Å². The third-order valence-electron chi connectivity index (χ3n) is 14.7. The number of anilines is 3. The van der Waals surface area contributed by atoms with E-state index in [1.807, 2.05) is 6.07 Å². The first kappa shape index (κ1) is 36.2. The first-order chi connectivity index (χ1) is 29.5. The summed E-state index contributed by atoms with van der Waals surface area (Å²) in [6, 6.07) is 65.8.